The van der Waals surface area contributed by atoms with Gasteiger partial charge in [-0.15, -0.1) is 0 Å². The number of aliphatic carboxylic acids is 1. The molecule has 6 nitrogen and oxygen atoms in total. The van der Waals surface area contributed by atoms with Gasteiger partial charge in [-0.3, -0.25) is 4.99 Å². The van der Waals surface area contributed by atoms with Crippen LogP contribution >= 0.6 is 0 Å². The normalized spacial score (nSPS) is 12.9. The highest BCUT2D eigenvalue weighted by molar-refractivity contribution is 6.43. The summed E-state index contributed by atoms with van der Waals surface area (Å²) in [5.74, 6) is -2.06. The molecular weight excluding hydrogens is 238 g/mol. The van der Waals surface area contributed by atoms with E-state index in [1.807, 2.05) is 0 Å². The zero-order chi connectivity index (χ0) is 13.5. The van der Waals surface area contributed by atoms with Gasteiger partial charge in [0.15, 0.2) is 11.8 Å². The zero-order valence-corrected chi connectivity index (χ0v) is 9.74. The monoisotopic (exact) mass is 251 g/mol. The quantitative estimate of drug-likeness (QED) is 0.571. The summed E-state index contributed by atoms with van der Waals surface area (Å²) in [4.78, 5) is 26.1. The molecule has 0 aliphatic rings. The number of methoxy groups -OCH3 is 1. The van der Waals surface area contributed by atoms with Crippen LogP contribution in [0, 0.1) is 0 Å². The summed E-state index contributed by atoms with van der Waals surface area (Å²) >= 11 is 0. The van der Waals surface area contributed by atoms with Crippen LogP contribution in [0.3, 0.4) is 0 Å². The van der Waals surface area contributed by atoms with Gasteiger partial charge in [0, 0.05) is 5.56 Å². The Balaban J connectivity index is 3.18. The van der Waals surface area contributed by atoms with Gasteiger partial charge in [-0.1, -0.05) is 30.3 Å². The van der Waals surface area contributed by atoms with Crippen LogP contribution in [0.1, 0.15) is 5.56 Å². The number of aliphatic hydroxyl groups is 1. The fraction of sp³-hybridized carbons (Fsp3) is 0.250. The van der Waals surface area contributed by atoms with Crippen molar-refractivity contribution in [2.45, 2.75) is 6.04 Å². The Morgan fingerprint density at radius 1 is 1.33 bits per heavy atom. The molecule has 0 aromatic heterocycles. The Bertz CT molecular complexity index is 455. The molecule has 0 radical (unpaired) electrons. The second kappa shape index (κ2) is 6.51. The van der Waals surface area contributed by atoms with Crippen LogP contribution in [0.2, 0.25) is 0 Å². The summed E-state index contributed by atoms with van der Waals surface area (Å²) in [7, 11) is 1.18. The molecule has 0 bridgehead atoms. The maximum absolute atomic E-state index is 11.6. The lowest BCUT2D eigenvalue weighted by Crippen LogP contribution is -2.27. The number of carbonyl (C=O) groups is 2. The second-order valence-electron chi connectivity index (χ2n) is 3.37. The number of hydrogen-bond donors (Lipinski definition) is 2. The van der Waals surface area contributed by atoms with Crippen molar-refractivity contribution in [1.29, 1.82) is 0 Å². The van der Waals surface area contributed by atoms with Crippen molar-refractivity contribution >= 4 is 17.7 Å². The van der Waals surface area contributed by atoms with Crippen LogP contribution < -0.4 is 0 Å². The highest BCUT2D eigenvalue weighted by atomic mass is 16.5. The molecule has 96 valence electrons. The van der Waals surface area contributed by atoms with E-state index in [1.165, 1.54) is 7.11 Å². The van der Waals surface area contributed by atoms with Gasteiger partial charge < -0.3 is 14.9 Å². The van der Waals surface area contributed by atoms with Gasteiger partial charge in [0.25, 0.3) is 0 Å². The number of rotatable bonds is 5. The number of esters is 1. The van der Waals surface area contributed by atoms with E-state index < -0.39 is 24.6 Å². The molecule has 2 N–H and O–H groups in total. The first-order chi connectivity index (χ1) is 8.60. The molecule has 0 fully saturated rings. The fourth-order valence-electron chi connectivity index (χ4n) is 1.27. The lowest BCUT2D eigenvalue weighted by Gasteiger charge is -2.08. The summed E-state index contributed by atoms with van der Waals surface area (Å²) in [5, 5.41) is 17.7. The summed E-state index contributed by atoms with van der Waals surface area (Å²) in [6.45, 7) is -0.692. The van der Waals surface area contributed by atoms with Gasteiger partial charge in [-0.2, -0.15) is 0 Å². The number of aliphatic hydroxyl groups excluding tert-OH is 1. The Morgan fingerprint density at radius 3 is 2.39 bits per heavy atom. The minimum atomic E-state index is -1.39. The van der Waals surface area contributed by atoms with Crippen molar-refractivity contribution in [2.24, 2.45) is 4.99 Å². The molecule has 1 aromatic carbocycles. The average Bonchev–Trinajstić information content (AvgIpc) is 2.39. The highest BCUT2D eigenvalue weighted by Gasteiger charge is 2.21. The number of nitrogens with zero attached hydrogens (tertiary/aromatic N) is 1. The highest BCUT2D eigenvalue weighted by Crippen LogP contribution is 2.05. The number of carboxylic acids is 1. The van der Waals surface area contributed by atoms with E-state index in [0.717, 1.165) is 0 Å². The van der Waals surface area contributed by atoms with Crippen LogP contribution in [0.5, 0.6) is 0 Å². The lowest BCUT2D eigenvalue weighted by atomic mass is 10.1. The van der Waals surface area contributed by atoms with Crippen molar-refractivity contribution in [1.82, 2.24) is 0 Å². The maximum atomic E-state index is 11.6. The Labute approximate surface area is 104 Å². The Kier molecular flexibility index (Phi) is 5.01. The fourth-order valence-corrected chi connectivity index (χ4v) is 1.27. The molecule has 18 heavy (non-hydrogen) atoms. The van der Waals surface area contributed by atoms with Gasteiger partial charge in [0.2, 0.25) is 0 Å². The molecule has 1 atom stereocenters. The van der Waals surface area contributed by atoms with Gasteiger partial charge in [0.05, 0.1) is 13.7 Å². The molecule has 0 aliphatic heterocycles. The number of ether oxygens (including phenoxy) is 1. The van der Waals surface area contributed by atoms with Crippen molar-refractivity contribution in [3.05, 3.63) is 35.9 Å². The van der Waals surface area contributed by atoms with E-state index in [0.29, 0.717) is 5.56 Å². The van der Waals surface area contributed by atoms with Crippen molar-refractivity contribution in [3.8, 4) is 0 Å². The van der Waals surface area contributed by atoms with E-state index in [-0.39, 0.29) is 5.71 Å². The average molecular weight is 251 g/mol. The number of aliphatic imine (C=N–C) groups is 1. The third-order valence-electron chi connectivity index (χ3n) is 2.17. The van der Waals surface area contributed by atoms with Crippen molar-refractivity contribution in [2.75, 3.05) is 13.7 Å². The van der Waals surface area contributed by atoms with Gasteiger partial charge in [-0.25, -0.2) is 9.59 Å². The molecule has 1 unspecified atom stereocenters. The summed E-state index contributed by atoms with van der Waals surface area (Å²) < 4.78 is 4.55. The van der Waals surface area contributed by atoms with Gasteiger partial charge in [-0.05, 0) is 0 Å². The standard InChI is InChI=1S/C12H13NO5/c1-18-12(17)10(8-5-3-2-4-6-8)13-9(7-14)11(15)16/h2-6,9,14H,7H2,1H3,(H,15,16). The SMILES string of the molecule is COC(=O)C(=NC(CO)C(=O)O)c1ccccc1. The Morgan fingerprint density at radius 2 is 1.94 bits per heavy atom. The van der Waals surface area contributed by atoms with Gasteiger partial charge >= 0.3 is 11.9 Å². The summed E-state index contributed by atoms with van der Waals surface area (Å²) in [6.07, 6.45) is 0. The van der Waals surface area contributed by atoms with E-state index in [4.69, 9.17) is 10.2 Å². The molecule has 1 aromatic rings. The van der Waals surface area contributed by atoms with E-state index in [9.17, 15) is 9.59 Å². The first-order valence-electron chi connectivity index (χ1n) is 5.15. The van der Waals surface area contributed by atoms with Gasteiger partial charge in [0.1, 0.15) is 0 Å². The van der Waals surface area contributed by atoms with E-state index in [2.05, 4.69) is 9.73 Å². The number of carbonyl (C=O) groups excluding carboxylic acids is 1. The molecule has 0 aliphatic carbocycles. The maximum Gasteiger partial charge on any atom is 0.356 e. The summed E-state index contributed by atoms with van der Waals surface area (Å²) in [5.41, 5.74) is 0.309. The molecule has 0 amide bonds. The zero-order valence-electron chi connectivity index (χ0n) is 9.74. The molecule has 0 saturated heterocycles. The predicted molar refractivity (Wildman–Crippen MR) is 63.5 cm³/mol. The number of hydrogen-bond acceptors (Lipinski definition) is 5. The molecule has 6 heteroatoms. The van der Waals surface area contributed by atoms with Crippen LogP contribution in [0.25, 0.3) is 0 Å². The molecule has 0 heterocycles. The lowest BCUT2D eigenvalue weighted by molar-refractivity contribution is -0.139. The Hall–Kier alpha value is -2.21. The van der Waals surface area contributed by atoms with E-state index >= 15 is 0 Å². The smallest absolute Gasteiger partial charge is 0.356 e. The predicted octanol–water partition coefficient (Wildman–Crippen LogP) is 0.0942. The summed E-state index contributed by atoms with van der Waals surface area (Å²) in [6, 6.07) is 6.93. The molecule has 0 spiro atoms. The first kappa shape index (κ1) is 13.9. The van der Waals surface area contributed by atoms with Crippen molar-refractivity contribution in [3.63, 3.8) is 0 Å². The largest absolute Gasteiger partial charge is 0.480 e. The first-order valence-corrected chi connectivity index (χ1v) is 5.15. The number of carboxylic acid groups (broad SMARTS) is 1. The second-order valence-corrected chi connectivity index (χ2v) is 3.37. The topological polar surface area (TPSA) is 96.2 Å². The van der Waals surface area contributed by atoms with Crippen LogP contribution in [0.4, 0.5) is 0 Å². The van der Waals surface area contributed by atoms with Crippen molar-refractivity contribution < 1.29 is 24.5 Å². The molecule has 0 saturated carbocycles. The third kappa shape index (κ3) is 3.39. The molecule has 1 rings (SSSR count). The van der Waals surface area contributed by atoms with Crippen LogP contribution in [-0.2, 0) is 14.3 Å². The molecular formula is C12H13NO5. The van der Waals surface area contributed by atoms with E-state index in [1.54, 1.807) is 30.3 Å². The minimum Gasteiger partial charge on any atom is -0.480 e. The minimum absolute atomic E-state index is 0.125. The number of benzene rings is 1. The van der Waals surface area contributed by atoms with Crippen LogP contribution in [0.15, 0.2) is 35.3 Å². The van der Waals surface area contributed by atoms with Crippen LogP contribution in [-0.4, -0.2) is 47.6 Å². The third-order valence-corrected chi connectivity index (χ3v) is 2.17.